The highest BCUT2D eigenvalue weighted by atomic mass is 16.8. The van der Waals surface area contributed by atoms with Crippen LogP contribution in [0.2, 0.25) is 0 Å². The van der Waals surface area contributed by atoms with Crippen molar-refractivity contribution in [3.63, 3.8) is 0 Å². The molecule has 1 saturated carbocycles. The van der Waals surface area contributed by atoms with E-state index in [1.165, 1.54) is 0 Å². The molecule has 12 atom stereocenters. The van der Waals surface area contributed by atoms with Crippen LogP contribution in [0.1, 0.15) is 6.92 Å². The molecule has 3 saturated heterocycles. The molecule has 4 aliphatic rings. The van der Waals surface area contributed by atoms with Crippen LogP contribution >= 0.6 is 0 Å². The minimum Gasteiger partial charge on any atom is -0.459 e. The van der Waals surface area contributed by atoms with Crippen molar-refractivity contribution in [3.05, 3.63) is 0 Å². The molecule has 0 aromatic carbocycles. The lowest BCUT2D eigenvalue weighted by molar-refractivity contribution is -0.351. The predicted octanol–water partition coefficient (Wildman–Crippen LogP) is -3.06. The first-order valence-corrected chi connectivity index (χ1v) is 8.81. The topological polar surface area (TPSA) is 155 Å². The maximum absolute atomic E-state index is 12.3. The van der Waals surface area contributed by atoms with Crippen molar-refractivity contribution in [1.29, 1.82) is 0 Å². The summed E-state index contributed by atoms with van der Waals surface area (Å²) in [7, 11) is 0. The number of aliphatic hydroxyl groups is 5. The summed E-state index contributed by atoms with van der Waals surface area (Å²) < 4.78 is 21.9. The normalized spacial score (nSPS) is 56.3. The molecule has 3 aliphatic heterocycles. The number of aliphatic hydroxyl groups excluding tert-OH is 5. The molecular weight excluding hydrogens is 352 g/mol. The third-order valence-corrected chi connectivity index (χ3v) is 6.23. The quantitative estimate of drug-likeness (QED) is 0.321. The average molecular weight is 376 g/mol. The van der Waals surface area contributed by atoms with Gasteiger partial charge in [-0.05, 0) is 11.8 Å². The Morgan fingerprint density at radius 2 is 1.81 bits per heavy atom. The fourth-order valence-electron chi connectivity index (χ4n) is 4.66. The van der Waals surface area contributed by atoms with Gasteiger partial charge in [0.05, 0.1) is 19.3 Å². The summed E-state index contributed by atoms with van der Waals surface area (Å²) in [5.74, 6) is -1.75. The van der Waals surface area contributed by atoms with Crippen LogP contribution in [0.25, 0.3) is 0 Å². The van der Waals surface area contributed by atoms with E-state index in [0.717, 1.165) is 0 Å². The zero-order valence-corrected chi connectivity index (χ0v) is 14.1. The van der Waals surface area contributed by atoms with Crippen molar-refractivity contribution in [2.45, 2.75) is 56.1 Å². The molecule has 0 radical (unpaired) electrons. The minimum absolute atomic E-state index is 0.0545. The summed E-state index contributed by atoms with van der Waals surface area (Å²) in [5.41, 5.74) is 0. The molecular formula is C16H24O10. The second-order valence-corrected chi connectivity index (χ2v) is 7.55. The second-order valence-electron chi connectivity index (χ2n) is 7.55. The van der Waals surface area contributed by atoms with Crippen molar-refractivity contribution in [2.24, 2.45) is 23.7 Å². The minimum atomic E-state index is -1.59. The van der Waals surface area contributed by atoms with Crippen molar-refractivity contribution >= 4 is 5.97 Å². The summed E-state index contributed by atoms with van der Waals surface area (Å²) in [6, 6.07) is 0. The van der Waals surface area contributed by atoms with Gasteiger partial charge in [-0.3, -0.25) is 4.79 Å². The van der Waals surface area contributed by atoms with Crippen LogP contribution in [0.4, 0.5) is 0 Å². The fourth-order valence-corrected chi connectivity index (χ4v) is 4.66. The van der Waals surface area contributed by atoms with Crippen LogP contribution in [-0.2, 0) is 23.7 Å². The molecule has 0 aromatic heterocycles. The van der Waals surface area contributed by atoms with E-state index in [1.807, 2.05) is 6.92 Å². The van der Waals surface area contributed by atoms with Crippen LogP contribution in [0.3, 0.4) is 0 Å². The van der Waals surface area contributed by atoms with Gasteiger partial charge in [0.25, 0.3) is 0 Å². The van der Waals surface area contributed by atoms with Crippen molar-refractivity contribution in [2.75, 3.05) is 13.2 Å². The zero-order valence-electron chi connectivity index (χ0n) is 14.1. The molecule has 1 aliphatic carbocycles. The standard InChI is InChI=1S/C16H24O10/c1-4-5-3-23-15(8-7(5)13(9(4)18)25-14(8)22)26-16-12(21)11(20)10(19)6(2-17)24-16/h4-13,15-21H,2-3H2,1H3/t4-,5-,6+,7+,8-,9-,10+,11-,12+,13-,15-,16-/m1/s1. The number of hydrogen-bond acceptors (Lipinski definition) is 10. The summed E-state index contributed by atoms with van der Waals surface area (Å²) in [6.45, 7) is 1.54. The molecule has 0 bridgehead atoms. The van der Waals surface area contributed by atoms with Gasteiger partial charge < -0.3 is 44.5 Å². The molecule has 0 amide bonds. The van der Waals surface area contributed by atoms with Gasteiger partial charge >= 0.3 is 5.97 Å². The fraction of sp³-hybridized carbons (Fsp3) is 0.938. The Bertz CT molecular complexity index is 555. The van der Waals surface area contributed by atoms with E-state index in [1.54, 1.807) is 0 Å². The van der Waals surface area contributed by atoms with Crippen LogP contribution in [0.5, 0.6) is 0 Å². The summed E-state index contributed by atoms with van der Waals surface area (Å²) in [6.07, 6.45) is -9.67. The van der Waals surface area contributed by atoms with Crippen molar-refractivity contribution in [1.82, 2.24) is 0 Å². The Kier molecular flexibility index (Phi) is 4.73. The monoisotopic (exact) mass is 376 g/mol. The largest absolute Gasteiger partial charge is 0.459 e. The number of hydrogen-bond donors (Lipinski definition) is 5. The van der Waals surface area contributed by atoms with Crippen molar-refractivity contribution < 1.29 is 49.3 Å². The Hall–Kier alpha value is -0.850. The third-order valence-electron chi connectivity index (χ3n) is 6.23. The van der Waals surface area contributed by atoms with E-state index in [-0.39, 0.29) is 24.4 Å². The van der Waals surface area contributed by atoms with E-state index in [2.05, 4.69) is 0 Å². The lowest BCUT2D eigenvalue weighted by Crippen LogP contribution is -2.60. The van der Waals surface area contributed by atoms with Gasteiger partial charge in [0.1, 0.15) is 36.4 Å². The highest BCUT2D eigenvalue weighted by Gasteiger charge is 2.64. The van der Waals surface area contributed by atoms with Crippen LogP contribution in [0, 0.1) is 23.7 Å². The predicted molar refractivity (Wildman–Crippen MR) is 80.1 cm³/mol. The van der Waals surface area contributed by atoms with E-state index in [4.69, 9.17) is 18.9 Å². The first-order valence-electron chi connectivity index (χ1n) is 8.81. The highest BCUT2D eigenvalue weighted by Crippen LogP contribution is 2.52. The van der Waals surface area contributed by atoms with E-state index in [9.17, 15) is 30.3 Å². The molecule has 148 valence electrons. The molecule has 10 heteroatoms. The molecule has 4 rings (SSSR count). The number of carbonyl (C=O) groups excluding carboxylic acids is 1. The van der Waals surface area contributed by atoms with Gasteiger partial charge in [0, 0.05) is 5.92 Å². The van der Waals surface area contributed by atoms with Crippen LogP contribution in [-0.4, -0.2) is 93.9 Å². The number of rotatable bonds is 3. The zero-order chi connectivity index (χ0) is 18.7. The van der Waals surface area contributed by atoms with E-state index in [0.29, 0.717) is 0 Å². The second kappa shape index (κ2) is 6.64. The molecule has 5 N–H and O–H groups in total. The maximum atomic E-state index is 12.3. The van der Waals surface area contributed by atoms with Crippen LogP contribution in [0.15, 0.2) is 0 Å². The molecule has 4 fully saturated rings. The van der Waals surface area contributed by atoms with Gasteiger partial charge in [-0.1, -0.05) is 6.92 Å². The summed E-state index contributed by atoms with van der Waals surface area (Å²) in [4.78, 5) is 12.3. The number of ether oxygens (including phenoxy) is 4. The van der Waals surface area contributed by atoms with Gasteiger partial charge in [-0.2, -0.15) is 0 Å². The molecule has 0 spiro atoms. The highest BCUT2D eigenvalue weighted by molar-refractivity contribution is 5.76. The first-order chi connectivity index (χ1) is 12.3. The molecule has 10 nitrogen and oxygen atoms in total. The average Bonchev–Trinajstić information content (AvgIpc) is 3.09. The Balaban J connectivity index is 1.51. The summed E-state index contributed by atoms with van der Waals surface area (Å²) >= 11 is 0. The third kappa shape index (κ3) is 2.60. The smallest absolute Gasteiger partial charge is 0.314 e. The maximum Gasteiger partial charge on any atom is 0.314 e. The number of esters is 1. The summed E-state index contributed by atoms with van der Waals surface area (Å²) in [5, 5.41) is 49.3. The van der Waals surface area contributed by atoms with E-state index < -0.39 is 67.7 Å². The van der Waals surface area contributed by atoms with E-state index >= 15 is 0 Å². The molecule has 3 heterocycles. The van der Waals surface area contributed by atoms with Crippen molar-refractivity contribution in [3.8, 4) is 0 Å². The first kappa shape index (κ1) is 18.5. The molecule has 0 aromatic rings. The SMILES string of the molecule is C[C@H]1[C@@H](O)[C@@H]2OC(=O)[C@@H]3[C@@H](O[C@H]4O[C@@H](CO)[C@H](O)[C@@H](O)[C@@H]4O)OC[C@H]1[C@H]23. The lowest BCUT2D eigenvalue weighted by atomic mass is 9.80. The van der Waals surface area contributed by atoms with Gasteiger partial charge in [0.2, 0.25) is 0 Å². The van der Waals surface area contributed by atoms with Gasteiger partial charge in [0.15, 0.2) is 12.6 Å². The van der Waals surface area contributed by atoms with Gasteiger partial charge in [-0.25, -0.2) is 0 Å². The molecule has 26 heavy (non-hydrogen) atoms. The Morgan fingerprint density at radius 1 is 1.08 bits per heavy atom. The molecule has 0 unspecified atom stereocenters. The Labute approximate surface area is 149 Å². The lowest BCUT2D eigenvalue weighted by Gasteiger charge is -2.43. The number of carbonyl (C=O) groups is 1. The van der Waals surface area contributed by atoms with Gasteiger partial charge in [-0.15, -0.1) is 0 Å². The Morgan fingerprint density at radius 3 is 2.50 bits per heavy atom. The van der Waals surface area contributed by atoms with Crippen LogP contribution < -0.4 is 0 Å².